The number of anilines is 1. The Bertz CT molecular complexity index is 1360. The van der Waals surface area contributed by atoms with Gasteiger partial charge in [0, 0.05) is 10.6 Å². The van der Waals surface area contributed by atoms with Crippen LogP contribution in [0.25, 0.3) is 6.08 Å². The van der Waals surface area contributed by atoms with Gasteiger partial charge in [-0.2, -0.15) is 0 Å². The second-order valence-electron chi connectivity index (χ2n) is 7.46. The van der Waals surface area contributed by atoms with Crippen LogP contribution in [0.5, 0.6) is 5.75 Å². The van der Waals surface area contributed by atoms with Gasteiger partial charge < -0.3 is 4.74 Å². The second kappa shape index (κ2) is 9.79. The maximum atomic E-state index is 13.8. The molecule has 0 spiro atoms. The minimum absolute atomic E-state index is 0.0305. The van der Waals surface area contributed by atoms with E-state index in [1.165, 1.54) is 18.2 Å². The van der Waals surface area contributed by atoms with Crippen LogP contribution >= 0.6 is 27.5 Å². The van der Waals surface area contributed by atoms with E-state index in [-0.39, 0.29) is 23.7 Å². The van der Waals surface area contributed by atoms with E-state index in [9.17, 15) is 18.8 Å². The number of urea groups is 1. The molecule has 0 saturated carbocycles. The standard InChI is InChI=1S/C25H17BrClFN2O4/c1-14-6-8-17(12-20(14)27)30-24(32)18(23(31)29-25(30)33)10-15-7-9-22(19(26)11-15)34-13-16-4-2-3-5-21(16)28/h2-12H,13H2,1H3,(H,29,31,33)/b18-10-. The predicted octanol–water partition coefficient (Wildman–Crippen LogP) is 5.80. The Balaban J connectivity index is 1.58. The van der Waals surface area contributed by atoms with Crippen molar-refractivity contribution in [2.24, 2.45) is 0 Å². The maximum absolute atomic E-state index is 13.8. The third-order valence-corrected chi connectivity index (χ3v) is 6.15. The summed E-state index contributed by atoms with van der Waals surface area (Å²) < 4.78 is 20.0. The highest BCUT2D eigenvalue weighted by Gasteiger charge is 2.37. The fraction of sp³-hybridized carbons (Fsp3) is 0.0800. The van der Waals surface area contributed by atoms with Gasteiger partial charge in [-0.15, -0.1) is 0 Å². The second-order valence-corrected chi connectivity index (χ2v) is 8.72. The summed E-state index contributed by atoms with van der Waals surface area (Å²) in [6, 6.07) is 15.1. The van der Waals surface area contributed by atoms with Crippen molar-refractivity contribution < 1.29 is 23.5 Å². The third-order valence-electron chi connectivity index (χ3n) is 5.12. The predicted molar refractivity (Wildman–Crippen MR) is 130 cm³/mol. The molecule has 9 heteroatoms. The molecular weight excluding hydrogens is 527 g/mol. The van der Waals surface area contributed by atoms with Gasteiger partial charge >= 0.3 is 6.03 Å². The number of benzene rings is 3. The zero-order chi connectivity index (χ0) is 24.4. The van der Waals surface area contributed by atoms with Crippen molar-refractivity contribution in [1.82, 2.24) is 5.32 Å². The minimum Gasteiger partial charge on any atom is -0.488 e. The van der Waals surface area contributed by atoms with Gasteiger partial charge in [0.1, 0.15) is 23.7 Å². The first-order chi connectivity index (χ1) is 16.2. The molecule has 0 atom stereocenters. The van der Waals surface area contributed by atoms with Crippen molar-refractivity contribution in [2.75, 3.05) is 4.90 Å². The van der Waals surface area contributed by atoms with Gasteiger partial charge in [0.15, 0.2) is 0 Å². The summed E-state index contributed by atoms with van der Waals surface area (Å²) in [4.78, 5) is 38.7. The van der Waals surface area contributed by atoms with Crippen LogP contribution in [0, 0.1) is 12.7 Å². The lowest BCUT2D eigenvalue weighted by Crippen LogP contribution is -2.54. The van der Waals surface area contributed by atoms with Crippen LogP contribution in [0.1, 0.15) is 16.7 Å². The van der Waals surface area contributed by atoms with Gasteiger partial charge in [-0.05, 0) is 70.4 Å². The van der Waals surface area contributed by atoms with Crippen LogP contribution in [0.4, 0.5) is 14.9 Å². The lowest BCUT2D eigenvalue weighted by atomic mass is 10.1. The number of imide groups is 2. The zero-order valence-electron chi connectivity index (χ0n) is 17.8. The topological polar surface area (TPSA) is 75.7 Å². The fourth-order valence-electron chi connectivity index (χ4n) is 3.27. The Morgan fingerprint density at radius 2 is 1.85 bits per heavy atom. The molecule has 1 heterocycles. The number of nitrogens with zero attached hydrogens (tertiary/aromatic N) is 1. The lowest BCUT2D eigenvalue weighted by Gasteiger charge is -2.26. The number of aryl methyl sites for hydroxylation is 1. The molecule has 1 aliphatic heterocycles. The SMILES string of the molecule is Cc1ccc(N2C(=O)NC(=O)/C(=C/c3ccc(OCc4ccccc4F)c(Br)c3)C2=O)cc1Cl. The number of hydrogen-bond acceptors (Lipinski definition) is 4. The van der Waals surface area contributed by atoms with Crippen molar-refractivity contribution in [1.29, 1.82) is 0 Å². The molecule has 0 aliphatic carbocycles. The number of hydrogen-bond donors (Lipinski definition) is 1. The molecule has 1 saturated heterocycles. The highest BCUT2D eigenvalue weighted by atomic mass is 79.9. The lowest BCUT2D eigenvalue weighted by molar-refractivity contribution is -0.122. The number of halogens is 3. The largest absolute Gasteiger partial charge is 0.488 e. The van der Waals surface area contributed by atoms with Crippen molar-refractivity contribution in [3.8, 4) is 5.75 Å². The fourth-order valence-corrected chi connectivity index (χ4v) is 3.96. The molecule has 0 unspecified atom stereocenters. The number of nitrogens with one attached hydrogen (secondary N) is 1. The van der Waals surface area contributed by atoms with Crippen LogP contribution in [0.15, 0.2) is 70.7 Å². The summed E-state index contributed by atoms with van der Waals surface area (Å²) in [5.74, 6) is -1.49. The Morgan fingerprint density at radius 1 is 1.09 bits per heavy atom. The first kappa shape index (κ1) is 23.7. The quantitative estimate of drug-likeness (QED) is 0.326. The molecule has 0 radical (unpaired) electrons. The Labute approximate surface area is 208 Å². The Hall–Kier alpha value is -3.49. The van der Waals surface area contributed by atoms with E-state index in [0.717, 1.165) is 10.5 Å². The summed E-state index contributed by atoms with van der Waals surface area (Å²) in [5, 5.41) is 2.56. The summed E-state index contributed by atoms with van der Waals surface area (Å²) in [5.41, 5.74) is 1.73. The van der Waals surface area contributed by atoms with Crippen LogP contribution < -0.4 is 15.0 Å². The van der Waals surface area contributed by atoms with Gasteiger partial charge in [-0.1, -0.05) is 41.9 Å². The number of barbiturate groups is 1. The molecule has 4 amide bonds. The molecule has 1 N–H and O–H groups in total. The number of amides is 4. The van der Waals surface area contributed by atoms with Crippen molar-refractivity contribution in [2.45, 2.75) is 13.5 Å². The van der Waals surface area contributed by atoms with E-state index in [1.54, 1.807) is 55.5 Å². The van der Waals surface area contributed by atoms with E-state index in [2.05, 4.69) is 21.2 Å². The van der Waals surface area contributed by atoms with Crippen molar-refractivity contribution >= 4 is 57.1 Å². The molecule has 1 aliphatic rings. The Morgan fingerprint density at radius 3 is 2.56 bits per heavy atom. The molecule has 34 heavy (non-hydrogen) atoms. The number of carbonyl (C=O) groups is 3. The summed E-state index contributed by atoms with van der Waals surface area (Å²) in [6.07, 6.45) is 1.37. The molecule has 172 valence electrons. The van der Waals surface area contributed by atoms with Crippen LogP contribution in [-0.2, 0) is 16.2 Å². The van der Waals surface area contributed by atoms with Crippen molar-refractivity contribution in [3.63, 3.8) is 0 Å². The molecular formula is C25H17BrClFN2O4. The summed E-state index contributed by atoms with van der Waals surface area (Å²) in [6.45, 7) is 1.82. The molecule has 0 bridgehead atoms. The van der Waals surface area contributed by atoms with Gasteiger partial charge in [-0.25, -0.2) is 14.1 Å². The summed E-state index contributed by atoms with van der Waals surface area (Å²) in [7, 11) is 0. The average Bonchev–Trinajstić information content (AvgIpc) is 2.79. The molecule has 0 aromatic heterocycles. The number of rotatable bonds is 5. The highest BCUT2D eigenvalue weighted by Crippen LogP contribution is 2.30. The third kappa shape index (κ3) is 4.88. The average molecular weight is 544 g/mol. The molecule has 4 rings (SSSR count). The minimum atomic E-state index is -0.856. The van der Waals surface area contributed by atoms with E-state index in [4.69, 9.17) is 16.3 Å². The van der Waals surface area contributed by atoms with Crippen LogP contribution in [0.2, 0.25) is 5.02 Å². The van der Waals surface area contributed by atoms with Gasteiger partial charge in [0.2, 0.25) is 0 Å². The van der Waals surface area contributed by atoms with E-state index >= 15 is 0 Å². The number of carbonyl (C=O) groups excluding carboxylic acids is 3. The normalized spacial score (nSPS) is 15.0. The van der Waals surface area contributed by atoms with Gasteiger partial charge in [-0.3, -0.25) is 14.9 Å². The van der Waals surface area contributed by atoms with Crippen LogP contribution in [0.3, 0.4) is 0 Å². The molecule has 3 aromatic rings. The first-order valence-electron chi connectivity index (χ1n) is 10.1. The highest BCUT2D eigenvalue weighted by molar-refractivity contribution is 9.10. The molecule has 6 nitrogen and oxygen atoms in total. The molecule has 1 fully saturated rings. The van der Waals surface area contributed by atoms with Gasteiger partial charge in [0.05, 0.1) is 10.2 Å². The first-order valence-corrected chi connectivity index (χ1v) is 11.2. The Kier molecular flexibility index (Phi) is 6.81. The van der Waals surface area contributed by atoms with E-state index in [1.807, 2.05) is 0 Å². The zero-order valence-corrected chi connectivity index (χ0v) is 20.1. The van der Waals surface area contributed by atoms with Crippen molar-refractivity contribution in [3.05, 3.63) is 98.2 Å². The maximum Gasteiger partial charge on any atom is 0.335 e. The summed E-state index contributed by atoms with van der Waals surface area (Å²) >= 11 is 9.53. The van der Waals surface area contributed by atoms with Crippen LogP contribution in [-0.4, -0.2) is 17.8 Å². The monoisotopic (exact) mass is 542 g/mol. The molecule has 3 aromatic carbocycles. The number of ether oxygens (including phenoxy) is 1. The van der Waals surface area contributed by atoms with E-state index < -0.39 is 17.8 Å². The van der Waals surface area contributed by atoms with E-state index in [0.29, 0.717) is 26.4 Å². The smallest absolute Gasteiger partial charge is 0.335 e. The van der Waals surface area contributed by atoms with Gasteiger partial charge in [0.25, 0.3) is 11.8 Å².